The van der Waals surface area contributed by atoms with Gasteiger partial charge in [0, 0.05) is 5.02 Å². The van der Waals surface area contributed by atoms with E-state index in [0.717, 1.165) is 40.1 Å². The summed E-state index contributed by atoms with van der Waals surface area (Å²) >= 11 is 7.82. The Bertz CT molecular complexity index is 1150. The molecule has 2 atom stereocenters. The molecule has 0 radical (unpaired) electrons. The number of anilines is 1. The van der Waals surface area contributed by atoms with E-state index in [-0.39, 0.29) is 16.7 Å². The number of thiazole rings is 1. The summed E-state index contributed by atoms with van der Waals surface area (Å²) in [5.41, 5.74) is 4.53. The summed E-state index contributed by atoms with van der Waals surface area (Å²) in [6.45, 7) is 4.14. The minimum Gasteiger partial charge on any atom is -0.301 e. The zero-order valence-electron chi connectivity index (χ0n) is 18.0. The first-order chi connectivity index (χ1) is 14.8. The summed E-state index contributed by atoms with van der Waals surface area (Å²) in [4.78, 5) is 18.4. The number of carbonyl (C=O) groups is 1. The highest BCUT2D eigenvalue weighted by molar-refractivity contribution is 7.22. The predicted octanol–water partition coefficient (Wildman–Crippen LogP) is 7.04. The van der Waals surface area contributed by atoms with Gasteiger partial charge < -0.3 is 5.32 Å². The van der Waals surface area contributed by atoms with Gasteiger partial charge in [-0.2, -0.15) is 0 Å². The number of rotatable bonds is 3. The highest BCUT2D eigenvalue weighted by atomic mass is 35.5. The van der Waals surface area contributed by atoms with Gasteiger partial charge in [0.1, 0.15) is 0 Å². The quantitative estimate of drug-likeness (QED) is 0.464. The third-order valence-electron chi connectivity index (χ3n) is 8.10. The highest BCUT2D eigenvalue weighted by Crippen LogP contribution is 2.66. The molecule has 1 amide bonds. The molecule has 0 aliphatic heterocycles. The van der Waals surface area contributed by atoms with Gasteiger partial charge in [-0.25, -0.2) is 4.98 Å². The van der Waals surface area contributed by atoms with E-state index < -0.39 is 0 Å². The van der Waals surface area contributed by atoms with Crippen molar-refractivity contribution in [2.45, 2.75) is 57.8 Å². The zero-order valence-corrected chi connectivity index (χ0v) is 19.6. The van der Waals surface area contributed by atoms with Gasteiger partial charge in [0.15, 0.2) is 5.13 Å². The molecule has 4 fully saturated rings. The second-order valence-electron chi connectivity index (χ2n) is 10.4. The summed E-state index contributed by atoms with van der Waals surface area (Å²) in [6.07, 6.45) is 6.79. The van der Waals surface area contributed by atoms with Crippen molar-refractivity contribution in [2.75, 3.05) is 5.32 Å². The zero-order chi connectivity index (χ0) is 21.4. The molecule has 4 aliphatic rings. The van der Waals surface area contributed by atoms with Crippen LogP contribution in [0.25, 0.3) is 10.2 Å². The van der Waals surface area contributed by atoms with E-state index in [1.807, 2.05) is 13.0 Å². The summed E-state index contributed by atoms with van der Waals surface area (Å²) in [6, 6.07) is 13.0. The topological polar surface area (TPSA) is 42.0 Å². The Kier molecular flexibility index (Phi) is 4.33. The van der Waals surface area contributed by atoms with Crippen molar-refractivity contribution in [3.8, 4) is 0 Å². The Hall–Kier alpha value is -1.91. The maximum absolute atomic E-state index is 13.7. The maximum atomic E-state index is 13.7. The molecule has 160 valence electrons. The smallest absolute Gasteiger partial charge is 0.232 e. The number of nitrogens with one attached hydrogen (secondary N) is 1. The Balaban J connectivity index is 1.32. The van der Waals surface area contributed by atoms with Gasteiger partial charge in [0.05, 0.1) is 15.6 Å². The van der Waals surface area contributed by atoms with Gasteiger partial charge in [-0.1, -0.05) is 52.8 Å². The van der Waals surface area contributed by atoms with Crippen LogP contribution in [0, 0.1) is 31.1 Å². The minimum absolute atomic E-state index is 0.160. The van der Waals surface area contributed by atoms with E-state index in [1.165, 1.54) is 30.4 Å². The molecule has 0 spiro atoms. The van der Waals surface area contributed by atoms with Crippen LogP contribution in [-0.2, 0) is 10.2 Å². The fraction of sp³-hybridized carbons (Fsp3) is 0.462. The van der Waals surface area contributed by atoms with Gasteiger partial charge in [0.25, 0.3) is 0 Å². The normalized spacial score (nSPS) is 31.3. The fourth-order valence-corrected chi connectivity index (χ4v) is 8.21. The monoisotopic (exact) mass is 450 g/mol. The molecule has 4 saturated carbocycles. The van der Waals surface area contributed by atoms with Crippen LogP contribution in [0.5, 0.6) is 0 Å². The van der Waals surface area contributed by atoms with Crippen LogP contribution in [0.2, 0.25) is 5.02 Å². The van der Waals surface area contributed by atoms with Crippen molar-refractivity contribution in [3.05, 3.63) is 58.1 Å². The number of aryl methyl sites for hydroxylation is 2. The summed E-state index contributed by atoms with van der Waals surface area (Å²) in [5.74, 6) is 1.50. The number of halogens is 1. The van der Waals surface area contributed by atoms with Gasteiger partial charge >= 0.3 is 0 Å². The van der Waals surface area contributed by atoms with Crippen molar-refractivity contribution >= 4 is 44.2 Å². The van der Waals surface area contributed by atoms with E-state index in [0.29, 0.717) is 17.0 Å². The van der Waals surface area contributed by atoms with Crippen LogP contribution in [0.4, 0.5) is 5.13 Å². The number of carbonyl (C=O) groups excluding carboxylic acids is 1. The Morgan fingerprint density at radius 2 is 1.81 bits per heavy atom. The number of amides is 1. The molecule has 1 N–H and O–H groups in total. The molecule has 31 heavy (non-hydrogen) atoms. The minimum atomic E-state index is -0.264. The van der Waals surface area contributed by atoms with Gasteiger partial charge in [-0.05, 0) is 92.9 Å². The lowest BCUT2D eigenvalue weighted by atomic mass is 9.42. The molecule has 4 aliphatic carbocycles. The third kappa shape index (κ3) is 3.14. The Morgan fingerprint density at radius 3 is 2.52 bits per heavy atom. The fourth-order valence-electron chi connectivity index (χ4n) is 7.11. The number of aromatic nitrogens is 1. The molecule has 2 aromatic carbocycles. The average Bonchev–Trinajstić information content (AvgIpc) is 3.08. The van der Waals surface area contributed by atoms with Crippen molar-refractivity contribution in [1.29, 1.82) is 0 Å². The first-order valence-electron chi connectivity index (χ1n) is 11.3. The van der Waals surface area contributed by atoms with E-state index in [9.17, 15) is 4.79 Å². The van der Waals surface area contributed by atoms with Crippen molar-refractivity contribution in [3.63, 3.8) is 0 Å². The number of fused-ring (bicyclic) bond motifs is 1. The lowest BCUT2D eigenvalue weighted by molar-refractivity contribution is -0.143. The van der Waals surface area contributed by atoms with Crippen LogP contribution in [-0.4, -0.2) is 10.9 Å². The highest BCUT2D eigenvalue weighted by Gasteiger charge is 2.61. The van der Waals surface area contributed by atoms with Crippen LogP contribution < -0.4 is 5.32 Å². The van der Waals surface area contributed by atoms with E-state index in [2.05, 4.69) is 47.6 Å². The number of hydrogen-bond acceptors (Lipinski definition) is 3. The Labute approximate surface area is 192 Å². The number of hydrogen-bond donors (Lipinski definition) is 1. The second-order valence-corrected chi connectivity index (χ2v) is 11.9. The van der Waals surface area contributed by atoms with Gasteiger partial charge in [-0.3, -0.25) is 4.79 Å². The largest absolute Gasteiger partial charge is 0.301 e. The van der Waals surface area contributed by atoms with E-state index in [1.54, 1.807) is 11.3 Å². The molecule has 1 heterocycles. The lowest BCUT2D eigenvalue weighted by Crippen LogP contribution is -2.57. The predicted molar refractivity (Wildman–Crippen MR) is 128 cm³/mol. The molecule has 7 rings (SSSR count). The van der Waals surface area contributed by atoms with Crippen molar-refractivity contribution in [1.82, 2.24) is 4.98 Å². The molecular formula is C26H27ClN2OS. The first-order valence-corrected chi connectivity index (χ1v) is 12.5. The van der Waals surface area contributed by atoms with Crippen LogP contribution in [0.15, 0.2) is 36.4 Å². The Morgan fingerprint density at radius 1 is 1.10 bits per heavy atom. The second kappa shape index (κ2) is 6.79. The first kappa shape index (κ1) is 19.8. The van der Waals surface area contributed by atoms with Crippen LogP contribution in [0.1, 0.15) is 55.2 Å². The van der Waals surface area contributed by atoms with Crippen LogP contribution >= 0.6 is 22.9 Å². The SMILES string of the molecule is Cc1ccc(C23C[C@H]4C[C@@H](CC(C(=O)Nc5nc6cc(Cl)c(C)cc6s5)(C4)C2)C3)cc1. The molecule has 3 nitrogen and oxygen atoms in total. The molecule has 0 saturated heterocycles. The third-order valence-corrected chi connectivity index (χ3v) is 9.44. The molecule has 3 aromatic rings. The molecule has 4 bridgehead atoms. The van der Waals surface area contributed by atoms with Crippen LogP contribution in [0.3, 0.4) is 0 Å². The molecule has 0 unspecified atom stereocenters. The lowest BCUT2D eigenvalue weighted by Gasteiger charge is -2.61. The number of nitrogens with zero attached hydrogens (tertiary/aromatic N) is 1. The van der Waals surface area contributed by atoms with Gasteiger partial charge in [0.2, 0.25) is 5.91 Å². The molecule has 5 heteroatoms. The number of benzene rings is 2. The van der Waals surface area contributed by atoms with Crippen molar-refractivity contribution in [2.24, 2.45) is 17.3 Å². The van der Waals surface area contributed by atoms with Gasteiger partial charge in [-0.15, -0.1) is 0 Å². The maximum Gasteiger partial charge on any atom is 0.232 e. The summed E-state index contributed by atoms with van der Waals surface area (Å²) in [7, 11) is 0. The molecular weight excluding hydrogens is 424 g/mol. The molecule has 1 aromatic heterocycles. The average molecular weight is 451 g/mol. The van der Waals surface area contributed by atoms with E-state index in [4.69, 9.17) is 11.6 Å². The standard InChI is InChI=1S/C26H27ClN2OS/c1-15-3-5-19(6-4-15)25-10-17-8-18(11-25)13-26(12-17,14-25)23(30)29-24-28-21-9-20(27)16(2)7-22(21)31-24/h3-7,9,17-18H,8,10-14H2,1-2H3,(H,28,29,30)/t17-,18-,25?,26?/m1/s1. The van der Waals surface area contributed by atoms with E-state index >= 15 is 0 Å². The van der Waals surface area contributed by atoms with Crippen molar-refractivity contribution < 1.29 is 4.79 Å². The summed E-state index contributed by atoms with van der Waals surface area (Å²) < 4.78 is 1.07. The summed E-state index contributed by atoms with van der Waals surface area (Å²) in [5, 5.41) is 4.65.